The van der Waals surface area contributed by atoms with Crippen LogP contribution < -0.4 is 0 Å². The highest BCUT2D eigenvalue weighted by Crippen LogP contribution is 2.36. The van der Waals surface area contributed by atoms with Crippen LogP contribution in [0.15, 0.2) is 28.8 Å². The van der Waals surface area contributed by atoms with Crippen LogP contribution in [-0.2, 0) is 11.2 Å². The van der Waals surface area contributed by atoms with Gasteiger partial charge >= 0.3 is 0 Å². The van der Waals surface area contributed by atoms with Crippen LogP contribution in [-0.4, -0.2) is 52.9 Å². The number of thiophene rings is 1. The first-order chi connectivity index (χ1) is 13.5. The molecule has 0 aliphatic carbocycles. The van der Waals surface area contributed by atoms with Crippen LogP contribution in [0.25, 0.3) is 10.1 Å². The maximum Gasteiger partial charge on any atom is 0.265 e. The van der Waals surface area contributed by atoms with Gasteiger partial charge in [0.15, 0.2) is 0 Å². The number of piperazine rings is 1. The fraction of sp³-hybridized carbons (Fsp3) is 0.350. The molecule has 2 amide bonds. The van der Waals surface area contributed by atoms with Crippen LogP contribution in [0.2, 0.25) is 5.02 Å². The maximum atomic E-state index is 12.9. The Morgan fingerprint density at radius 1 is 1.14 bits per heavy atom. The summed E-state index contributed by atoms with van der Waals surface area (Å²) in [6.07, 6.45) is 0.275. The third-order valence-electron chi connectivity index (χ3n) is 5.16. The molecule has 28 heavy (non-hydrogen) atoms. The van der Waals surface area contributed by atoms with E-state index in [4.69, 9.17) is 16.1 Å². The smallest absolute Gasteiger partial charge is 0.265 e. The van der Waals surface area contributed by atoms with E-state index in [1.807, 2.05) is 38.1 Å². The molecule has 8 heteroatoms. The van der Waals surface area contributed by atoms with Crippen molar-refractivity contribution < 1.29 is 14.1 Å². The second kappa shape index (κ2) is 7.56. The minimum Gasteiger partial charge on any atom is -0.361 e. The fourth-order valence-electron chi connectivity index (χ4n) is 3.47. The first kappa shape index (κ1) is 19.0. The Labute approximate surface area is 171 Å². The van der Waals surface area contributed by atoms with Gasteiger partial charge in [-0.1, -0.05) is 35.0 Å². The summed E-state index contributed by atoms with van der Waals surface area (Å²) in [5.41, 5.74) is 1.60. The molecule has 4 rings (SSSR count). The van der Waals surface area contributed by atoms with E-state index in [9.17, 15) is 9.59 Å². The maximum absolute atomic E-state index is 12.9. The Hall–Kier alpha value is -2.38. The minimum atomic E-state index is -0.0657. The molecule has 6 nitrogen and oxygen atoms in total. The van der Waals surface area contributed by atoms with Crippen molar-refractivity contribution in [3.05, 3.63) is 51.2 Å². The molecule has 1 aliphatic rings. The highest BCUT2D eigenvalue weighted by atomic mass is 35.5. The van der Waals surface area contributed by atoms with Crippen molar-refractivity contribution in [1.29, 1.82) is 0 Å². The summed E-state index contributed by atoms with van der Waals surface area (Å²) in [5, 5.41) is 5.32. The molecule has 0 spiro atoms. The number of benzene rings is 1. The summed E-state index contributed by atoms with van der Waals surface area (Å²) in [6, 6.07) is 7.75. The zero-order valence-corrected chi connectivity index (χ0v) is 17.3. The summed E-state index contributed by atoms with van der Waals surface area (Å²) >= 11 is 7.86. The lowest BCUT2D eigenvalue weighted by Crippen LogP contribution is -2.50. The molecule has 0 bridgehead atoms. The molecule has 3 heterocycles. The molecule has 0 atom stereocenters. The van der Waals surface area contributed by atoms with E-state index in [1.54, 1.807) is 9.80 Å². The average Bonchev–Trinajstić information content (AvgIpc) is 3.22. The zero-order valence-electron chi connectivity index (χ0n) is 15.7. The van der Waals surface area contributed by atoms with Crippen LogP contribution in [0, 0.1) is 13.8 Å². The Morgan fingerprint density at radius 2 is 1.82 bits per heavy atom. The number of hydrogen-bond donors (Lipinski definition) is 0. The van der Waals surface area contributed by atoms with Crippen LogP contribution >= 0.6 is 22.9 Å². The Morgan fingerprint density at radius 3 is 2.46 bits per heavy atom. The number of nitrogens with zero attached hydrogens (tertiary/aromatic N) is 3. The number of rotatable bonds is 3. The van der Waals surface area contributed by atoms with Crippen molar-refractivity contribution in [2.24, 2.45) is 0 Å². The van der Waals surface area contributed by atoms with Gasteiger partial charge in [-0.25, -0.2) is 0 Å². The number of aromatic nitrogens is 1. The third kappa shape index (κ3) is 3.40. The van der Waals surface area contributed by atoms with Crippen LogP contribution in [0.1, 0.15) is 26.7 Å². The second-order valence-corrected chi connectivity index (χ2v) is 8.32. The van der Waals surface area contributed by atoms with Gasteiger partial charge in [0.25, 0.3) is 5.91 Å². The first-order valence-corrected chi connectivity index (χ1v) is 10.3. The van der Waals surface area contributed by atoms with Gasteiger partial charge in [0, 0.05) is 41.8 Å². The molecule has 2 aromatic heterocycles. The summed E-state index contributed by atoms with van der Waals surface area (Å²) in [6.45, 7) is 5.67. The van der Waals surface area contributed by atoms with Gasteiger partial charge in [-0.2, -0.15) is 0 Å². The standard InChI is InChI=1S/C20H20ClN3O3S/c1-12-15(13(2)27-22-12)11-17(25)23-7-9-24(10-8-23)20(26)19-18(21)14-5-3-4-6-16(14)28-19/h3-6H,7-11H2,1-2H3. The third-order valence-corrected chi connectivity index (χ3v) is 6.82. The summed E-state index contributed by atoms with van der Waals surface area (Å²) in [4.78, 5) is 29.7. The van der Waals surface area contributed by atoms with Crippen LogP contribution in [0.5, 0.6) is 0 Å². The van der Waals surface area contributed by atoms with Gasteiger partial charge in [0.1, 0.15) is 10.6 Å². The van der Waals surface area contributed by atoms with Gasteiger partial charge in [-0.15, -0.1) is 11.3 Å². The van der Waals surface area contributed by atoms with Crippen molar-refractivity contribution in [3.63, 3.8) is 0 Å². The summed E-state index contributed by atoms with van der Waals surface area (Å²) < 4.78 is 6.14. The number of aryl methyl sites for hydroxylation is 2. The van der Waals surface area contributed by atoms with Crippen LogP contribution in [0.3, 0.4) is 0 Å². The second-order valence-electron chi connectivity index (χ2n) is 6.89. The molecule has 3 aromatic rings. The summed E-state index contributed by atoms with van der Waals surface area (Å²) in [7, 11) is 0. The average molecular weight is 418 g/mol. The number of fused-ring (bicyclic) bond motifs is 1. The summed E-state index contributed by atoms with van der Waals surface area (Å²) in [5.74, 6) is 0.643. The molecule has 1 saturated heterocycles. The van der Waals surface area contributed by atoms with Gasteiger partial charge in [-0.05, 0) is 19.9 Å². The lowest BCUT2D eigenvalue weighted by Gasteiger charge is -2.34. The molecular formula is C20H20ClN3O3S. The first-order valence-electron chi connectivity index (χ1n) is 9.11. The molecule has 1 aliphatic heterocycles. The van der Waals surface area contributed by atoms with Gasteiger partial charge in [-0.3, -0.25) is 9.59 Å². The topological polar surface area (TPSA) is 66.7 Å². The fourth-order valence-corrected chi connectivity index (χ4v) is 4.95. The quantitative estimate of drug-likeness (QED) is 0.651. The molecule has 146 valence electrons. The Balaban J connectivity index is 1.41. The lowest BCUT2D eigenvalue weighted by molar-refractivity contribution is -0.131. The van der Waals surface area contributed by atoms with Crippen molar-refractivity contribution >= 4 is 44.8 Å². The van der Waals surface area contributed by atoms with E-state index < -0.39 is 0 Å². The van der Waals surface area contributed by atoms with Gasteiger partial charge < -0.3 is 14.3 Å². The molecule has 0 unspecified atom stereocenters. The number of carbonyl (C=O) groups is 2. The highest BCUT2D eigenvalue weighted by molar-refractivity contribution is 7.21. The Bertz CT molecular complexity index is 1030. The number of amides is 2. The highest BCUT2D eigenvalue weighted by Gasteiger charge is 2.28. The normalized spacial score (nSPS) is 14.7. The van der Waals surface area contributed by atoms with Gasteiger partial charge in [0.05, 0.1) is 17.1 Å². The monoisotopic (exact) mass is 417 g/mol. The van der Waals surface area contributed by atoms with Crippen molar-refractivity contribution in [2.75, 3.05) is 26.2 Å². The van der Waals surface area contributed by atoms with Crippen molar-refractivity contribution in [1.82, 2.24) is 15.0 Å². The molecular weight excluding hydrogens is 398 g/mol. The predicted molar refractivity (Wildman–Crippen MR) is 109 cm³/mol. The van der Waals surface area contributed by atoms with E-state index in [-0.39, 0.29) is 18.2 Å². The minimum absolute atomic E-state index is 0.0291. The van der Waals surface area contributed by atoms with E-state index in [0.29, 0.717) is 41.8 Å². The molecule has 1 aromatic carbocycles. The van der Waals surface area contributed by atoms with E-state index in [0.717, 1.165) is 21.3 Å². The van der Waals surface area contributed by atoms with E-state index in [1.165, 1.54) is 11.3 Å². The zero-order chi connectivity index (χ0) is 19.8. The molecule has 0 saturated carbocycles. The molecule has 1 fully saturated rings. The molecule has 0 radical (unpaired) electrons. The van der Waals surface area contributed by atoms with E-state index >= 15 is 0 Å². The van der Waals surface area contributed by atoms with Crippen molar-refractivity contribution in [2.45, 2.75) is 20.3 Å². The van der Waals surface area contributed by atoms with Gasteiger partial charge in [0.2, 0.25) is 5.91 Å². The molecule has 0 N–H and O–H groups in total. The number of hydrogen-bond acceptors (Lipinski definition) is 5. The Kier molecular flexibility index (Phi) is 5.12. The lowest BCUT2D eigenvalue weighted by atomic mass is 10.1. The van der Waals surface area contributed by atoms with Crippen molar-refractivity contribution in [3.8, 4) is 0 Å². The number of halogens is 1. The van der Waals surface area contributed by atoms with E-state index in [2.05, 4.69) is 5.16 Å². The number of carbonyl (C=O) groups excluding carboxylic acids is 2. The predicted octanol–water partition coefficient (Wildman–Crippen LogP) is 3.69. The van der Waals surface area contributed by atoms with Crippen LogP contribution in [0.4, 0.5) is 0 Å². The SMILES string of the molecule is Cc1noc(C)c1CC(=O)N1CCN(C(=O)c2sc3ccccc3c2Cl)CC1. The largest absolute Gasteiger partial charge is 0.361 e.